The average Bonchev–Trinajstić information content (AvgIpc) is 2.35. The third-order valence-corrected chi connectivity index (χ3v) is 4.55. The highest BCUT2D eigenvalue weighted by Gasteiger charge is 2.30. The van der Waals surface area contributed by atoms with Crippen LogP contribution in [0.3, 0.4) is 0 Å². The zero-order valence-electron chi connectivity index (χ0n) is 10.9. The molecule has 0 N–H and O–H groups in total. The molecular weight excluding hydrogens is 295 g/mol. The van der Waals surface area contributed by atoms with E-state index in [1.54, 1.807) is 0 Å². The van der Waals surface area contributed by atoms with Crippen LogP contribution in [0.5, 0.6) is 0 Å². The summed E-state index contributed by atoms with van der Waals surface area (Å²) in [7, 11) is -2.90. The molecule has 0 bridgehead atoms. The monoisotopic (exact) mass is 309 g/mol. The summed E-state index contributed by atoms with van der Waals surface area (Å²) < 4.78 is 60.9. The number of halogens is 3. The molecule has 0 heterocycles. The number of rotatable bonds is 5. The maximum Gasteiger partial charge on any atom is 0.390 e. The number of Topliss-reactive ketones (excluding diaryl/α,β-unsaturated/α-hetero) is 1. The smallest absolute Gasteiger partial charge is 0.295 e. The maximum absolute atomic E-state index is 12.1. The molecule has 20 heavy (non-hydrogen) atoms. The van der Waals surface area contributed by atoms with Crippen molar-refractivity contribution in [2.75, 3.05) is 13.6 Å². The molecule has 8 heteroatoms. The third-order valence-electron chi connectivity index (χ3n) is 2.68. The Balaban J connectivity index is 2.90. The van der Waals surface area contributed by atoms with Crippen LogP contribution in [0.4, 0.5) is 13.2 Å². The van der Waals surface area contributed by atoms with Gasteiger partial charge in [-0.1, -0.05) is 12.1 Å². The van der Waals surface area contributed by atoms with E-state index in [1.165, 1.54) is 31.2 Å². The number of carbonyl (C=O) groups is 1. The van der Waals surface area contributed by atoms with Gasteiger partial charge in [0.05, 0.1) is 11.3 Å². The summed E-state index contributed by atoms with van der Waals surface area (Å²) in [4.78, 5) is 10.9. The molecule has 0 aliphatic heterocycles. The fourth-order valence-corrected chi connectivity index (χ4v) is 2.62. The van der Waals surface area contributed by atoms with E-state index in [4.69, 9.17) is 0 Å². The normalized spacial score (nSPS) is 12.7. The zero-order chi connectivity index (χ0) is 15.6. The highest BCUT2D eigenvalue weighted by atomic mass is 32.2. The fraction of sp³-hybridized carbons (Fsp3) is 0.417. The van der Waals surface area contributed by atoms with Gasteiger partial charge in [-0.05, 0) is 19.1 Å². The molecular formula is C12H14F3NO3S. The first-order chi connectivity index (χ1) is 9.04. The van der Waals surface area contributed by atoms with Gasteiger partial charge in [0.1, 0.15) is 0 Å². The van der Waals surface area contributed by atoms with E-state index in [1.807, 2.05) is 0 Å². The minimum atomic E-state index is -4.41. The third kappa shape index (κ3) is 4.31. The molecule has 0 aromatic heterocycles. The van der Waals surface area contributed by atoms with Gasteiger partial charge in [-0.15, -0.1) is 0 Å². The predicted molar refractivity (Wildman–Crippen MR) is 66.9 cm³/mol. The molecule has 0 spiro atoms. The Labute approximate surface area is 115 Å². The van der Waals surface area contributed by atoms with Crippen molar-refractivity contribution in [3.05, 3.63) is 29.8 Å². The maximum atomic E-state index is 12.1. The lowest BCUT2D eigenvalue weighted by Gasteiger charge is -2.18. The first-order valence-electron chi connectivity index (χ1n) is 5.68. The van der Waals surface area contributed by atoms with Crippen molar-refractivity contribution in [2.45, 2.75) is 24.4 Å². The SMILES string of the molecule is CC(=O)c1ccc(S(=O)(=O)N(C)CCC(F)(F)F)cc1. The van der Waals surface area contributed by atoms with Gasteiger partial charge in [0.25, 0.3) is 0 Å². The van der Waals surface area contributed by atoms with Gasteiger partial charge in [-0.3, -0.25) is 4.79 Å². The van der Waals surface area contributed by atoms with Crippen LogP contribution in [0.15, 0.2) is 29.2 Å². The quantitative estimate of drug-likeness (QED) is 0.785. The van der Waals surface area contributed by atoms with E-state index in [9.17, 15) is 26.4 Å². The molecule has 0 fully saturated rings. The lowest BCUT2D eigenvalue weighted by atomic mass is 10.2. The van der Waals surface area contributed by atoms with Crippen LogP contribution < -0.4 is 0 Å². The van der Waals surface area contributed by atoms with Gasteiger partial charge in [-0.25, -0.2) is 12.7 Å². The minimum absolute atomic E-state index is 0.146. The Bertz CT molecular complexity index is 579. The molecule has 0 saturated carbocycles. The van der Waals surface area contributed by atoms with E-state index in [-0.39, 0.29) is 10.7 Å². The van der Waals surface area contributed by atoms with Gasteiger partial charge < -0.3 is 0 Å². The fourth-order valence-electron chi connectivity index (χ4n) is 1.45. The van der Waals surface area contributed by atoms with Crippen LogP contribution in [0, 0.1) is 0 Å². The van der Waals surface area contributed by atoms with Crippen LogP contribution >= 0.6 is 0 Å². The molecule has 0 atom stereocenters. The van der Waals surface area contributed by atoms with Crippen molar-refractivity contribution in [3.8, 4) is 0 Å². The second-order valence-electron chi connectivity index (χ2n) is 4.27. The summed E-state index contributed by atoms with van der Waals surface area (Å²) in [5, 5.41) is 0. The Kier molecular flexibility index (Phi) is 4.93. The number of carbonyl (C=O) groups excluding carboxylic acids is 1. The number of hydrogen-bond acceptors (Lipinski definition) is 3. The molecule has 0 amide bonds. The molecule has 0 aliphatic carbocycles. The highest BCUT2D eigenvalue weighted by molar-refractivity contribution is 7.89. The molecule has 1 aromatic carbocycles. The van der Waals surface area contributed by atoms with Crippen LogP contribution in [-0.4, -0.2) is 38.3 Å². The first kappa shape index (κ1) is 16.6. The number of ketones is 1. The van der Waals surface area contributed by atoms with E-state index >= 15 is 0 Å². The van der Waals surface area contributed by atoms with Crippen molar-refractivity contribution >= 4 is 15.8 Å². The summed E-state index contributed by atoms with van der Waals surface area (Å²) in [6.07, 6.45) is -5.63. The van der Waals surface area contributed by atoms with Crippen molar-refractivity contribution in [1.82, 2.24) is 4.31 Å². The molecule has 0 radical (unpaired) electrons. The van der Waals surface area contributed by atoms with Gasteiger partial charge in [0.15, 0.2) is 5.78 Å². The minimum Gasteiger partial charge on any atom is -0.295 e. The lowest BCUT2D eigenvalue weighted by molar-refractivity contribution is -0.135. The number of nitrogens with zero attached hydrogens (tertiary/aromatic N) is 1. The van der Waals surface area contributed by atoms with Crippen LogP contribution in [0.2, 0.25) is 0 Å². The second-order valence-corrected chi connectivity index (χ2v) is 6.32. The van der Waals surface area contributed by atoms with E-state index < -0.39 is 29.2 Å². The highest BCUT2D eigenvalue weighted by Crippen LogP contribution is 2.22. The first-order valence-corrected chi connectivity index (χ1v) is 7.12. The van der Waals surface area contributed by atoms with Crippen molar-refractivity contribution < 1.29 is 26.4 Å². The molecule has 1 aromatic rings. The van der Waals surface area contributed by atoms with Gasteiger partial charge >= 0.3 is 6.18 Å². The van der Waals surface area contributed by atoms with Crippen LogP contribution in [0.25, 0.3) is 0 Å². The van der Waals surface area contributed by atoms with Crippen LogP contribution in [0.1, 0.15) is 23.7 Å². The molecule has 1 rings (SSSR count). The standard InChI is InChI=1S/C12H14F3NO3S/c1-9(17)10-3-5-11(6-4-10)20(18,19)16(2)8-7-12(13,14)15/h3-6H,7-8H2,1-2H3. The van der Waals surface area contributed by atoms with Crippen molar-refractivity contribution in [1.29, 1.82) is 0 Å². The van der Waals surface area contributed by atoms with Crippen LogP contribution in [-0.2, 0) is 10.0 Å². The molecule has 0 aliphatic rings. The summed E-state index contributed by atoms with van der Waals surface area (Å²) in [6.45, 7) is 0.680. The zero-order valence-corrected chi connectivity index (χ0v) is 11.8. The molecule has 0 saturated heterocycles. The Morgan fingerprint density at radius 1 is 1.20 bits per heavy atom. The van der Waals surface area contributed by atoms with Crippen molar-refractivity contribution in [3.63, 3.8) is 0 Å². The topological polar surface area (TPSA) is 54.5 Å². The van der Waals surface area contributed by atoms with E-state index in [0.717, 1.165) is 7.05 Å². The van der Waals surface area contributed by atoms with Crippen molar-refractivity contribution in [2.24, 2.45) is 0 Å². The summed E-state index contributed by atoms with van der Waals surface area (Å²) in [5.74, 6) is -0.223. The number of hydrogen-bond donors (Lipinski definition) is 0. The molecule has 4 nitrogen and oxygen atoms in total. The summed E-state index contributed by atoms with van der Waals surface area (Å²) in [6, 6.07) is 5.06. The van der Waals surface area contributed by atoms with Gasteiger partial charge in [0, 0.05) is 19.2 Å². The Hall–Kier alpha value is -1.41. The van der Waals surface area contributed by atoms with Gasteiger partial charge in [-0.2, -0.15) is 13.2 Å². The van der Waals surface area contributed by atoms with E-state index in [0.29, 0.717) is 9.87 Å². The van der Waals surface area contributed by atoms with E-state index in [2.05, 4.69) is 0 Å². The largest absolute Gasteiger partial charge is 0.390 e. The number of benzene rings is 1. The molecule has 112 valence electrons. The lowest BCUT2D eigenvalue weighted by Crippen LogP contribution is -2.30. The Morgan fingerprint density at radius 2 is 1.70 bits per heavy atom. The second kappa shape index (κ2) is 5.92. The predicted octanol–water partition coefficient (Wildman–Crippen LogP) is 2.46. The van der Waals surface area contributed by atoms with Gasteiger partial charge in [0.2, 0.25) is 10.0 Å². The number of alkyl halides is 3. The summed E-state index contributed by atoms with van der Waals surface area (Å²) >= 11 is 0. The average molecular weight is 309 g/mol. The molecule has 0 unspecified atom stereocenters. The Morgan fingerprint density at radius 3 is 2.10 bits per heavy atom. The number of sulfonamides is 1. The summed E-state index contributed by atoms with van der Waals surface area (Å²) in [5.41, 5.74) is 0.335.